The van der Waals surface area contributed by atoms with Gasteiger partial charge in [-0.25, -0.2) is 0 Å². The van der Waals surface area contributed by atoms with Gasteiger partial charge in [0.2, 0.25) is 0 Å². The first-order chi connectivity index (χ1) is 13.0. The number of carbonyl (C=O) groups is 3. The molecule has 140 valence electrons. The summed E-state index contributed by atoms with van der Waals surface area (Å²) < 4.78 is 5.89. The number of ether oxygens (including phenoxy) is 1. The van der Waals surface area contributed by atoms with Crippen molar-refractivity contribution < 1.29 is 19.1 Å². The van der Waals surface area contributed by atoms with Crippen molar-refractivity contribution >= 4 is 39.4 Å². The van der Waals surface area contributed by atoms with Gasteiger partial charge in [-0.2, -0.15) is 0 Å². The van der Waals surface area contributed by atoms with Crippen molar-refractivity contribution in [1.29, 1.82) is 0 Å². The molecule has 0 spiro atoms. The van der Waals surface area contributed by atoms with Crippen molar-refractivity contribution in [1.82, 2.24) is 5.32 Å². The fraction of sp³-hybridized carbons (Fsp3) is 0.250. The second-order valence-electron chi connectivity index (χ2n) is 6.30. The number of benzene rings is 2. The Kier molecular flexibility index (Phi) is 5.91. The molecule has 0 bridgehead atoms. The third kappa shape index (κ3) is 4.54. The number of anilines is 1. The maximum Gasteiger partial charge on any atom is 0.325 e. The Morgan fingerprint density at radius 2 is 1.85 bits per heavy atom. The summed E-state index contributed by atoms with van der Waals surface area (Å²) in [5, 5.41) is 2.48. The van der Waals surface area contributed by atoms with E-state index in [9.17, 15) is 14.4 Å². The van der Waals surface area contributed by atoms with E-state index < -0.39 is 5.97 Å². The Labute approximate surface area is 165 Å². The van der Waals surface area contributed by atoms with Gasteiger partial charge in [-0.15, -0.1) is 0 Å². The number of hydrogen-bond acceptors (Lipinski definition) is 4. The van der Waals surface area contributed by atoms with Crippen molar-refractivity contribution in [2.75, 3.05) is 18.1 Å². The molecule has 0 saturated heterocycles. The van der Waals surface area contributed by atoms with Crippen LogP contribution < -0.4 is 10.2 Å². The number of halogens is 1. The highest BCUT2D eigenvalue weighted by Gasteiger charge is 2.30. The van der Waals surface area contributed by atoms with Crippen LogP contribution in [0, 0.1) is 0 Å². The van der Waals surface area contributed by atoms with Crippen LogP contribution in [0.2, 0.25) is 0 Å². The quantitative estimate of drug-likeness (QED) is 0.739. The van der Waals surface area contributed by atoms with Crippen molar-refractivity contribution in [2.45, 2.75) is 19.4 Å². The maximum absolute atomic E-state index is 12.5. The van der Waals surface area contributed by atoms with Crippen molar-refractivity contribution in [3.8, 4) is 0 Å². The van der Waals surface area contributed by atoms with E-state index in [1.807, 2.05) is 31.2 Å². The van der Waals surface area contributed by atoms with Gasteiger partial charge in [0.1, 0.15) is 6.54 Å². The van der Waals surface area contributed by atoms with E-state index in [2.05, 4.69) is 21.2 Å². The molecule has 1 aliphatic heterocycles. The summed E-state index contributed by atoms with van der Waals surface area (Å²) in [6, 6.07) is 14.5. The Hall–Kier alpha value is -2.67. The van der Waals surface area contributed by atoms with Crippen LogP contribution in [0.25, 0.3) is 0 Å². The minimum Gasteiger partial charge on any atom is -0.454 e. The average Bonchev–Trinajstić information content (AvgIpc) is 3.00. The van der Waals surface area contributed by atoms with E-state index >= 15 is 0 Å². The van der Waals surface area contributed by atoms with E-state index in [0.717, 1.165) is 22.1 Å². The second-order valence-corrected chi connectivity index (χ2v) is 7.21. The average molecular weight is 431 g/mol. The number of nitrogens with one attached hydrogen (secondary N) is 1. The lowest BCUT2D eigenvalue weighted by molar-refractivity contribution is -0.146. The molecule has 7 heteroatoms. The summed E-state index contributed by atoms with van der Waals surface area (Å²) in [4.78, 5) is 38.0. The third-order valence-corrected chi connectivity index (χ3v) is 4.86. The molecule has 27 heavy (non-hydrogen) atoms. The molecule has 2 aromatic carbocycles. The van der Waals surface area contributed by atoms with Gasteiger partial charge in [-0.1, -0.05) is 34.1 Å². The molecule has 6 nitrogen and oxygen atoms in total. The summed E-state index contributed by atoms with van der Waals surface area (Å²) in [7, 11) is 0. The summed E-state index contributed by atoms with van der Waals surface area (Å²) in [6.07, 6.45) is 0.777. The zero-order valence-corrected chi connectivity index (χ0v) is 16.4. The topological polar surface area (TPSA) is 75.7 Å². The van der Waals surface area contributed by atoms with Crippen LogP contribution in [0.4, 0.5) is 5.69 Å². The number of carbonyl (C=O) groups excluding carboxylic acids is 3. The highest BCUT2D eigenvalue weighted by atomic mass is 79.9. The molecule has 0 saturated carbocycles. The minimum absolute atomic E-state index is 0.0192. The molecular weight excluding hydrogens is 412 g/mol. The molecule has 1 atom stereocenters. The lowest BCUT2D eigenvalue weighted by atomic mass is 10.1. The highest BCUT2D eigenvalue weighted by molar-refractivity contribution is 9.10. The van der Waals surface area contributed by atoms with Gasteiger partial charge in [0.15, 0.2) is 6.61 Å². The number of fused-ring (bicyclic) bond motifs is 1. The van der Waals surface area contributed by atoms with Crippen molar-refractivity contribution in [3.63, 3.8) is 0 Å². The van der Waals surface area contributed by atoms with Gasteiger partial charge in [0.25, 0.3) is 11.8 Å². The fourth-order valence-electron chi connectivity index (χ4n) is 3.06. The number of esters is 1. The van der Waals surface area contributed by atoms with Gasteiger partial charge < -0.3 is 15.0 Å². The summed E-state index contributed by atoms with van der Waals surface area (Å²) in [6.45, 7) is 1.30. The molecular formula is C20H19BrN2O4. The van der Waals surface area contributed by atoms with Crippen LogP contribution in [0.5, 0.6) is 0 Å². The van der Waals surface area contributed by atoms with Crippen LogP contribution in [0.15, 0.2) is 53.0 Å². The summed E-state index contributed by atoms with van der Waals surface area (Å²) >= 11 is 3.29. The predicted octanol–water partition coefficient (Wildman–Crippen LogP) is 2.70. The number of hydrogen-bond donors (Lipinski definition) is 1. The molecule has 0 aliphatic carbocycles. The largest absolute Gasteiger partial charge is 0.454 e. The van der Waals surface area contributed by atoms with E-state index in [0.29, 0.717) is 5.56 Å². The van der Waals surface area contributed by atoms with Crippen LogP contribution in [-0.4, -0.2) is 37.0 Å². The molecule has 3 rings (SSSR count). The molecule has 0 aromatic heterocycles. The first-order valence-corrected chi connectivity index (χ1v) is 9.34. The molecule has 1 heterocycles. The fourth-order valence-corrected chi connectivity index (χ4v) is 3.33. The SMILES string of the molecule is CC1Cc2ccccc2N1C(=O)COC(=O)CNC(=O)c1ccc(Br)cc1. The first-order valence-electron chi connectivity index (χ1n) is 8.55. The van der Waals surface area contributed by atoms with E-state index in [1.54, 1.807) is 29.2 Å². The molecule has 0 radical (unpaired) electrons. The number of para-hydroxylation sites is 1. The predicted molar refractivity (Wildman–Crippen MR) is 105 cm³/mol. The van der Waals surface area contributed by atoms with E-state index in [-0.39, 0.29) is 31.0 Å². The molecule has 2 amide bonds. The second kappa shape index (κ2) is 8.35. The number of rotatable bonds is 5. The Morgan fingerprint density at radius 1 is 1.15 bits per heavy atom. The Morgan fingerprint density at radius 3 is 2.59 bits per heavy atom. The monoisotopic (exact) mass is 430 g/mol. The van der Waals surface area contributed by atoms with Crippen molar-refractivity contribution in [3.05, 3.63) is 64.1 Å². The van der Waals surface area contributed by atoms with Gasteiger partial charge in [0, 0.05) is 21.8 Å². The van der Waals surface area contributed by atoms with Gasteiger partial charge in [0.05, 0.1) is 0 Å². The zero-order valence-electron chi connectivity index (χ0n) is 14.8. The van der Waals surface area contributed by atoms with Gasteiger partial charge in [-0.05, 0) is 49.2 Å². The summed E-state index contributed by atoms with van der Waals surface area (Å²) in [5.74, 6) is -1.32. The number of amides is 2. The standard InChI is InChI=1S/C20H19BrN2O4/c1-13-10-15-4-2-3-5-17(15)23(13)18(24)12-27-19(25)11-22-20(26)14-6-8-16(21)9-7-14/h2-9,13H,10-12H2,1H3,(H,22,26). The van der Waals surface area contributed by atoms with E-state index in [4.69, 9.17) is 4.74 Å². The van der Waals surface area contributed by atoms with Gasteiger partial charge in [-0.3, -0.25) is 14.4 Å². The Balaban J connectivity index is 1.48. The minimum atomic E-state index is -0.658. The van der Waals surface area contributed by atoms with Crippen LogP contribution >= 0.6 is 15.9 Å². The molecule has 1 unspecified atom stereocenters. The third-order valence-electron chi connectivity index (χ3n) is 4.33. The number of nitrogens with zero attached hydrogens (tertiary/aromatic N) is 1. The molecule has 2 aromatic rings. The molecule has 1 N–H and O–H groups in total. The zero-order chi connectivity index (χ0) is 19.4. The smallest absolute Gasteiger partial charge is 0.325 e. The maximum atomic E-state index is 12.5. The lowest BCUT2D eigenvalue weighted by Gasteiger charge is -2.22. The summed E-state index contributed by atoms with van der Waals surface area (Å²) in [5.41, 5.74) is 2.39. The molecule has 1 aliphatic rings. The van der Waals surface area contributed by atoms with Gasteiger partial charge >= 0.3 is 5.97 Å². The van der Waals surface area contributed by atoms with Crippen molar-refractivity contribution in [2.24, 2.45) is 0 Å². The lowest BCUT2D eigenvalue weighted by Crippen LogP contribution is -2.39. The highest BCUT2D eigenvalue weighted by Crippen LogP contribution is 2.31. The van der Waals surface area contributed by atoms with Crippen LogP contribution in [0.3, 0.4) is 0 Å². The molecule has 0 fully saturated rings. The Bertz CT molecular complexity index is 867. The first kappa shape index (κ1) is 19.1. The normalized spacial score (nSPS) is 15.2. The van der Waals surface area contributed by atoms with Crippen LogP contribution in [0.1, 0.15) is 22.8 Å². The van der Waals surface area contributed by atoms with Crippen LogP contribution in [-0.2, 0) is 20.7 Å². The van der Waals surface area contributed by atoms with E-state index in [1.165, 1.54) is 0 Å².